The number of ether oxygens (including phenoxy) is 2. The number of nitrogens with zero attached hydrogens (tertiary/aromatic N) is 4. The van der Waals surface area contributed by atoms with Gasteiger partial charge < -0.3 is 25.0 Å². The molecule has 2 N–H and O–H groups in total. The number of rotatable bonds is 2. The maximum Gasteiger partial charge on any atom is 0.274 e. The van der Waals surface area contributed by atoms with Gasteiger partial charge in [-0.3, -0.25) is 24.2 Å². The molecule has 3 amide bonds. The summed E-state index contributed by atoms with van der Waals surface area (Å²) >= 11 is 0. The molecule has 1 saturated heterocycles. The molecule has 0 aliphatic carbocycles. The van der Waals surface area contributed by atoms with E-state index >= 15 is 0 Å². The van der Waals surface area contributed by atoms with Crippen LogP contribution in [0.25, 0.3) is 21.9 Å². The Morgan fingerprint density at radius 2 is 1.76 bits per heavy atom. The van der Waals surface area contributed by atoms with E-state index in [9.17, 15) is 23.6 Å². The summed E-state index contributed by atoms with van der Waals surface area (Å²) < 4.78 is 28.0. The second-order valence-electron chi connectivity index (χ2n) is 12.3. The van der Waals surface area contributed by atoms with Crippen molar-refractivity contribution in [1.82, 2.24) is 30.3 Å². The average Bonchev–Trinajstić information content (AvgIpc) is 3.12. The zero-order chi connectivity index (χ0) is 34.8. The van der Waals surface area contributed by atoms with E-state index < -0.39 is 29.8 Å². The molecule has 0 radical (unpaired) electrons. The third kappa shape index (κ3) is 7.02. The lowest BCUT2D eigenvalue weighted by molar-refractivity contribution is -0.133. The molecule has 50 heavy (non-hydrogen) atoms. The molecule has 254 valence electrons. The van der Waals surface area contributed by atoms with Gasteiger partial charge in [0, 0.05) is 62.5 Å². The summed E-state index contributed by atoms with van der Waals surface area (Å²) in [5.41, 5.74) is 2.34. The molecule has 1 fully saturated rings. The molecule has 13 heteroatoms. The van der Waals surface area contributed by atoms with Crippen molar-refractivity contribution in [3.63, 3.8) is 0 Å². The number of aryl methyl sites for hydroxylation is 1. The molecule has 2 atom stereocenters. The minimum absolute atomic E-state index is 0.0365. The Hall–Kier alpha value is -6.11. The molecule has 7 rings (SSSR count). The Bertz CT molecular complexity index is 2190. The molecule has 12 nitrogen and oxygen atoms in total. The first-order chi connectivity index (χ1) is 24.2. The van der Waals surface area contributed by atoms with Gasteiger partial charge >= 0.3 is 0 Å². The van der Waals surface area contributed by atoms with E-state index in [0.717, 1.165) is 5.56 Å². The Morgan fingerprint density at radius 3 is 2.62 bits per heavy atom. The van der Waals surface area contributed by atoms with Crippen LogP contribution in [0.15, 0.2) is 90.0 Å². The Labute approximate surface area is 285 Å². The van der Waals surface area contributed by atoms with Gasteiger partial charge in [0.2, 0.25) is 5.91 Å². The maximum atomic E-state index is 14.8. The number of carbonyl (C=O) groups excluding carboxylic acids is 3. The van der Waals surface area contributed by atoms with Crippen molar-refractivity contribution in [2.24, 2.45) is 7.05 Å². The van der Waals surface area contributed by atoms with Gasteiger partial charge in [0.25, 0.3) is 17.4 Å². The topological polar surface area (TPSA) is 145 Å². The van der Waals surface area contributed by atoms with Gasteiger partial charge in [-0.1, -0.05) is 30.3 Å². The van der Waals surface area contributed by atoms with Crippen LogP contribution in [0.1, 0.15) is 28.0 Å². The van der Waals surface area contributed by atoms with Gasteiger partial charge in [-0.2, -0.15) is 5.10 Å². The monoisotopic (exact) mass is 676 g/mol. The summed E-state index contributed by atoms with van der Waals surface area (Å²) in [5.74, 6) is -0.956. The quantitative estimate of drug-likeness (QED) is 0.290. The molecule has 4 heterocycles. The zero-order valence-electron chi connectivity index (χ0n) is 27.1. The fourth-order valence-corrected chi connectivity index (χ4v) is 6.30. The fourth-order valence-electron chi connectivity index (χ4n) is 6.30. The summed E-state index contributed by atoms with van der Waals surface area (Å²) in [6.07, 6.45) is 2.70. The fraction of sp³-hybridized carbons (Fsp3) is 0.243. The highest BCUT2D eigenvalue weighted by atomic mass is 19.1. The Morgan fingerprint density at radius 1 is 0.940 bits per heavy atom. The number of fused-ring (bicyclic) bond motifs is 9. The van der Waals surface area contributed by atoms with Crippen LogP contribution >= 0.6 is 0 Å². The zero-order valence-corrected chi connectivity index (χ0v) is 27.1. The summed E-state index contributed by atoms with van der Waals surface area (Å²) in [7, 11) is 1.55. The number of aromatic nitrogens is 3. The number of halogens is 1. The molecule has 0 unspecified atom stereocenters. The van der Waals surface area contributed by atoms with Gasteiger partial charge in [0.05, 0.1) is 29.1 Å². The van der Waals surface area contributed by atoms with Gasteiger partial charge in [-0.05, 0) is 47.5 Å². The number of pyridine rings is 1. The maximum absolute atomic E-state index is 14.8. The number of nitrogens with one attached hydrogen (secondary N) is 2. The molecule has 2 aliphatic heterocycles. The number of carbonyl (C=O) groups is 3. The van der Waals surface area contributed by atoms with Crippen LogP contribution in [-0.4, -0.2) is 69.2 Å². The molecule has 5 aromatic rings. The van der Waals surface area contributed by atoms with Crippen molar-refractivity contribution in [3.05, 3.63) is 118 Å². The highest BCUT2D eigenvalue weighted by molar-refractivity contribution is 5.95. The largest absolute Gasteiger partial charge is 0.488 e. The van der Waals surface area contributed by atoms with E-state index in [4.69, 9.17) is 9.47 Å². The van der Waals surface area contributed by atoms with Crippen LogP contribution in [0.4, 0.5) is 4.39 Å². The SMILES string of the molecule is Cn1nc(CC(=O)N2CC[C@@H]3Oc4cc(F)cc(c4)CNC(=O)COc4cccc(c4)-c4cncc(c4)C(=O)N[C@@H]3C2)c2ccccc2c1=O. The Kier molecular flexibility index (Phi) is 8.94. The van der Waals surface area contributed by atoms with Gasteiger partial charge in [-0.25, -0.2) is 9.07 Å². The number of likely N-dealkylation sites (tertiary alicyclic amines) is 1. The van der Waals surface area contributed by atoms with Gasteiger partial charge in [0.15, 0.2) is 6.61 Å². The average molecular weight is 677 g/mol. The van der Waals surface area contributed by atoms with Crippen molar-refractivity contribution in [1.29, 1.82) is 0 Å². The van der Waals surface area contributed by atoms with Crippen LogP contribution in [-0.2, 0) is 29.6 Å². The van der Waals surface area contributed by atoms with Crippen LogP contribution in [0.3, 0.4) is 0 Å². The number of piperidine rings is 1. The lowest BCUT2D eigenvalue weighted by Crippen LogP contribution is -2.58. The third-order valence-corrected chi connectivity index (χ3v) is 8.82. The molecular formula is C37H33FN6O6. The predicted molar refractivity (Wildman–Crippen MR) is 181 cm³/mol. The summed E-state index contributed by atoms with van der Waals surface area (Å²) in [5, 5.41) is 11.2. The van der Waals surface area contributed by atoms with E-state index in [2.05, 4.69) is 20.7 Å². The van der Waals surface area contributed by atoms with E-state index in [-0.39, 0.29) is 48.9 Å². The van der Waals surface area contributed by atoms with Gasteiger partial charge in [0.1, 0.15) is 23.4 Å². The number of hydrogen-bond donors (Lipinski definition) is 2. The highest BCUT2D eigenvalue weighted by Crippen LogP contribution is 2.26. The second-order valence-corrected chi connectivity index (χ2v) is 12.3. The lowest BCUT2D eigenvalue weighted by Gasteiger charge is -2.39. The predicted octanol–water partition coefficient (Wildman–Crippen LogP) is 3.16. The molecule has 0 spiro atoms. The van der Waals surface area contributed by atoms with Gasteiger partial charge in [-0.15, -0.1) is 0 Å². The van der Waals surface area contributed by atoms with Crippen LogP contribution in [0.5, 0.6) is 11.5 Å². The van der Waals surface area contributed by atoms with E-state index in [1.165, 1.54) is 23.0 Å². The molecule has 0 saturated carbocycles. The van der Waals surface area contributed by atoms with E-state index in [1.807, 2.05) is 6.07 Å². The van der Waals surface area contributed by atoms with Crippen molar-refractivity contribution in [3.8, 4) is 22.6 Å². The number of amides is 3. The van der Waals surface area contributed by atoms with Crippen molar-refractivity contribution >= 4 is 28.5 Å². The first-order valence-electron chi connectivity index (χ1n) is 16.1. The van der Waals surface area contributed by atoms with Crippen LogP contribution in [0.2, 0.25) is 0 Å². The summed E-state index contributed by atoms with van der Waals surface area (Å²) in [4.78, 5) is 58.7. The molecule has 3 aromatic carbocycles. The Balaban J connectivity index is 1.20. The molecular weight excluding hydrogens is 643 g/mol. The smallest absolute Gasteiger partial charge is 0.274 e. The number of benzene rings is 3. The van der Waals surface area contributed by atoms with Crippen LogP contribution in [0, 0.1) is 5.82 Å². The molecule has 6 bridgehead atoms. The number of hydrogen-bond acceptors (Lipinski definition) is 8. The first kappa shape index (κ1) is 32.4. The minimum atomic E-state index is -0.695. The van der Waals surface area contributed by atoms with E-state index in [0.29, 0.717) is 46.3 Å². The van der Waals surface area contributed by atoms with Crippen molar-refractivity contribution in [2.45, 2.75) is 31.5 Å². The third-order valence-electron chi connectivity index (χ3n) is 8.82. The normalized spacial score (nSPS) is 17.9. The molecule has 2 aromatic heterocycles. The van der Waals surface area contributed by atoms with Crippen molar-refractivity contribution in [2.75, 3.05) is 19.7 Å². The lowest BCUT2D eigenvalue weighted by atomic mass is 9.99. The second kappa shape index (κ2) is 13.8. The minimum Gasteiger partial charge on any atom is -0.488 e. The molecule has 2 aliphatic rings. The first-order valence-corrected chi connectivity index (χ1v) is 16.1. The van der Waals surface area contributed by atoms with Crippen LogP contribution < -0.4 is 25.7 Å². The summed E-state index contributed by atoms with van der Waals surface area (Å²) in [6, 6.07) is 19.3. The highest BCUT2D eigenvalue weighted by Gasteiger charge is 2.35. The van der Waals surface area contributed by atoms with E-state index in [1.54, 1.807) is 72.7 Å². The standard InChI is InChI=1S/C37H33FN6O6/c1-43-37(48)30-8-3-2-7-29(30)31(42-43)16-35(46)44-10-9-33-32(20-44)41-36(47)25-13-24(18-39-19-25)23-5-4-6-27(14-23)49-21-34(45)40-17-22-11-26(38)15-28(12-22)50-33/h2-8,11-15,18-19,32-33H,9-10,16-17,20-21H2,1H3,(H,40,45)(H,41,47)/t32-,33+/m1/s1. The van der Waals surface area contributed by atoms with Crippen molar-refractivity contribution < 1.29 is 28.2 Å². The summed E-state index contributed by atoms with van der Waals surface area (Å²) in [6.45, 7) is 0.181.